The van der Waals surface area contributed by atoms with Gasteiger partial charge in [0, 0.05) is 12.2 Å². The molecule has 0 spiro atoms. The molecule has 3 rings (SSSR count). The Morgan fingerprint density at radius 1 is 1.38 bits per heavy atom. The topological polar surface area (TPSA) is 85.7 Å². The van der Waals surface area contributed by atoms with Crippen molar-refractivity contribution >= 4 is 23.4 Å². The van der Waals surface area contributed by atoms with E-state index in [0.29, 0.717) is 17.3 Å². The number of nitrogens with zero attached hydrogens (tertiary/aromatic N) is 4. The zero-order chi connectivity index (χ0) is 14.7. The second kappa shape index (κ2) is 5.97. The van der Waals surface area contributed by atoms with Gasteiger partial charge in [0.2, 0.25) is 5.91 Å². The minimum atomic E-state index is -0.151. The average Bonchev–Trinajstić information content (AvgIpc) is 3.03. The van der Waals surface area contributed by atoms with Crippen molar-refractivity contribution in [2.75, 3.05) is 11.4 Å². The molecule has 1 atom stereocenters. The Morgan fingerprint density at radius 3 is 2.86 bits per heavy atom. The summed E-state index contributed by atoms with van der Waals surface area (Å²) in [5, 5.41) is 15.9. The van der Waals surface area contributed by atoms with E-state index in [1.807, 2.05) is 12.1 Å². The number of aromatic amines is 1. The molecule has 1 amide bonds. The van der Waals surface area contributed by atoms with Gasteiger partial charge < -0.3 is 4.90 Å². The molecule has 7 heteroatoms. The van der Waals surface area contributed by atoms with Crippen molar-refractivity contribution in [2.45, 2.75) is 23.2 Å². The lowest BCUT2D eigenvalue weighted by Gasteiger charge is -2.31. The lowest BCUT2D eigenvalue weighted by Crippen LogP contribution is -2.43. The van der Waals surface area contributed by atoms with Gasteiger partial charge in [0.25, 0.3) is 0 Å². The highest BCUT2D eigenvalue weighted by atomic mass is 32.2. The number of aromatic nitrogens is 3. The first-order chi connectivity index (χ1) is 10.3. The molecule has 1 N–H and O–H groups in total. The van der Waals surface area contributed by atoms with E-state index in [-0.39, 0.29) is 11.2 Å². The SMILES string of the molecule is N#Cc1ccc(N2CCC[C@H](Sc3ncn[nH]3)C2=O)cc1. The number of H-pyrrole nitrogens is 1. The largest absolute Gasteiger partial charge is 0.311 e. The smallest absolute Gasteiger partial charge is 0.240 e. The van der Waals surface area contributed by atoms with Gasteiger partial charge in [-0.3, -0.25) is 9.89 Å². The van der Waals surface area contributed by atoms with Crippen LogP contribution in [0.25, 0.3) is 0 Å². The Labute approximate surface area is 126 Å². The van der Waals surface area contributed by atoms with Crippen molar-refractivity contribution in [1.29, 1.82) is 5.26 Å². The van der Waals surface area contributed by atoms with Gasteiger partial charge in [-0.05, 0) is 37.1 Å². The summed E-state index contributed by atoms with van der Waals surface area (Å²) in [6.45, 7) is 0.707. The molecule has 1 aromatic heterocycles. The number of rotatable bonds is 3. The van der Waals surface area contributed by atoms with E-state index >= 15 is 0 Å². The number of hydrogen-bond donors (Lipinski definition) is 1. The third-order valence-corrected chi connectivity index (χ3v) is 4.49. The van der Waals surface area contributed by atoms with Crippen LogP contribution >= 0.6 is 11.8 Å². The molecule has 1 saturated heterocycles. The van der Waals surface area contributed by atoms with Crippen LogP contribution in [0.5, 0.6) is 0 Å². The van der Waals surface area contributed by atoms with Gasteiger partial charge in [-0.15, -0.1) is 0 Å². The van der Waals surface area contributed by atoms with Crippen LogP contribution in [0.15, 0.2) is 35.7 Å². The van der Waals surface area contributed by atoms with E-state index in [1.54, 1.807) is 17.0 Å². The Kier molecular flexibility index (Phi) is 3.88. The van der Waals surface area contributed by atoms with Crippen LogP contribution < -0.4 is 4.90 Å². The number of anilines is 1. The molecule has 0 bridgehead atoms. The van der Waals surface area contributed by atoms with E-state index in [4.69, 9.17) is 5.26 Å². The van der Waals surface area contributed by atoms with Gasteiger partial charge in [0.15, 0.2) is 5.16 Å². The van der Waals surface area contributed by atoms with E-state index in [0.717, 1.165) is 18.5 Å². The molecule has 2 aromatic rings. The third-order valence-electron chi connectivity index (χ3n) is 3.34. The fourth-order valence-electron chi connectivity index (χ4n) is 2.31. The van der Waals surface area contributed by atoms with Gasteiger partial charge in [0.05, 0.1) is 16.9 Å². The van der Waals surface area contributed by atoms with Crippen LogP contribution in [-0.4, -0.2) is 32.9 Å². The summed E-state index contributed by atoms with van der Waals surface area (Å²) in [5.41, 5.74) is 1.43. The first kappa shape index (κ1) is 13.6. The molecule has 2 heterocycles. The maximum atomic E-state index is 12.6. The van der Waals surface area contributed by atoms with Crippen LogP contribution in [0.2, 0.25) is 0 Å². The highest BCUT2D eigenvalue weighted by Gasteiger charge is 2.31. The fourth-order valence-corrected chi connectivity index (χ4v) is 3.31. The number of nitriles is 1. The van der Waals surface area contributed by atoms with E-state index in [1.165, 1.54) is 18.1 Å². The van der Waals surface area contributed by atoms with Crippen LogP contribution in [0.4, 0.5) is 5.69 Å². The fraction of sp³-hybridized carbons (Fsp3) is 0.286. The molecule has 21 heavy (non-hydrogen) atoms. The number of thioether (sulfide) groups is 1. The standard InChI is InChI=1S/C14H13N5OS/c15-8-10-3-5-11(6-4-10)19-7-1-2-12(13(19)20)21-14-16-9-17-18-14/h3-6,9,12H,1-2,7H2,(H,16,17,18)/t12-/m0/s1. The Hall–Kier alpha value is -2.33. The summed E-state index contributed by atoms with van der Waals surface area (Å²) in [4.78, 5) is 18.4. The van der Waals surface area contributed by atoms with Crippen molar-refractivity contribution in [2.24, 2.45) is 0 Å². The quantitative estimate of drug-likeness (QED) is 0.936. The number of piperidine rings is 1. The summed E-state index contributed by atoms with van der Waals surface area (Å²) in [6, 6.07) is 9.18. The van der Waals surface area contributed by atoms with E-state index < -0.39 is 0 Å². The second-order valence-electron chi connectivity index (χ2n) is 4.69. The van der Waals surface area contributed by atoms with Gasteiger partial charge >= 0.3 is 0 Å². The molecule has 6 nitrogen and oxygen atoms in total. The maximum absolute atomic E-state index is 12.6. The zero-order valence-electron chi connectivity index (χ0n) is 11.2. The number of carbonyl (C=O) groups excluding carboxylic acids is 1. The molecule has 0 unspecified atom stereocenters. The average molecular weight is 299 g/mol. The Morgan fingerprint density at radius 2 is 2.19 bits per heavy atom. The van der Waals surface area contributed by atoms with Gasteiger partial charge in [0.1, 0.15) is 6.33 Å². The van der Waals surface area contributed by atoms with E-state index in [2.05, 4.69) is 21.3 Å². The molecule has 0 radical (unpaired) electrons. The molecule has 0 saturated carbocycles. The van der Waals surface area contributed by atoms with Crippen LogP contribution in [0, 0.1) is 11.3 Å². The number of nitrogens with one attached hydrogen (secondary N) is 1. The van der Waals surface area contributed by atoms with Crippen LogP contribution in [0.1, 0.15) is 18.4 Å². The summed E-state index contributed by atoms with van der Waals surface area (Å²) < 4.78 is 0. The number of carbonyl (C=O) groups is 1. The molecule has 1 aliphatic heterocycles. The third kappa shape index (κ3) is 2.90. The lowest BCUT2D eigenvalue weighted by molar-refractivity contribution is -0.119. The zero-order valence-corrected chi connectivity index (χ0v) is 12.0. The van der Waals surface area contributed by atoms with Crippen molar-refractivity contribution in [1.82, 2.24) is 15.2 Å². The molecular formula is C14H13N5OS. The highest BCUT2D eigenvalue weighted by Crippen LogP contribution is 2.30. The Balaban J connectivity index is 1.76. The van der Waals surface area contributed by atoms with Crippen molar-refractivity contribution in [3.8, 4) is 6.07 Å². The summed E-state index contributed by atoms with van der Waals surface area (Å²) in [7, 11) is 0. The monoisotopic (exact) mass is 299 g/mol. The first-order valence-electron chi connectivity index (χ1n) is 6.61. The minimum Gasteiger partial charge on any atom is -0.311 e. The van der Waals surface area contributed by atoms with Crippen molar-refractivity contribution in [3.05, 3.63) is 36.2 Å². The van der Waals surface area contributed by atoms with Gasteiger partial charge in [-0.2, -0.15) is 10.4 Å². The molecular weight excluding hydrogens is 286 g/mol. The number of amides is 1. The summed E-state index contributed by atoms with van der Waals surface area (Å²) in [6.07, 6.45) is 3.21. The minimum absolute atomic E-state index is 0.0763. The first-order valence-corrected chi connectivity index (χ1v) is 7.49. The second-order valence-corrected chi connectivity index (χ2v) is 5.88. The van der Waals surface area contributed by atoms with Crippen LogP contribution in [0.3, 0.4) is 0 Å². The molecule has 1 aromatic carbocycles. The molecule has 106 valence electrons. The van der Waals surface area contributed by atoms with Crippen molar-refractivity contribution in [3.63, 3.8) is 0 Å². The van der Waals surface area contributed by atoms with Gasteiger partial charge in [-0.1, -0.05) is 11.8 Å². The lowest BCUT2D eigenvalue weighted by atomic mass is 10.1. The molecule has 1 aliphatic rings. The Bertz CT molecular complexity index is 662. The maximum Gasteiger partial charge on any atom is 0.240 e. The normalized spacial score (nSPS) is 18.5. The van der Waals surface area contributed by atoms with Crippen LogP contribution in [-0.2, 0) is 4.79 Å². The molecule has 0 aliphatic carbocycles. The summed E-state index contributed by atoms with van der Waals surface area (Å²) >= 11 is 1.41. The highest BCUT2D eigenvalue weighted by molar-refractivity contribution is 8.00. The predicted molar refractivity (Wildman–Crippen MR) is 78.8 cm³/mol. The van der Waals surface area contributed by atoms with Gasteiger partial charge in [-0.25, -0.2) is 4.98 Å². The van der Waals surface area contributed by atoms with Crippen molar-refractivity contribution < 1.29 is 4.79 Å². The number of hydrogen-bond acceptors (Lipinski definition) is 5. The van der Waals surface area contributed by atoms with E-state index in [9.17, 15) is 4.79 Å². The number of benzene rings is 1. The predicted octanol–water partition coefficient (Wildman–Crippen LogP) is 1.96. The summed E-state index contributed by atoms with van der Waals surface area (Å²) in [5.74, 6) is 0.0763. The molecule has 1 fully saturated rings.